The lowest BCUT2D eigenvalue weighted by molar-refractivity contribution is 0.0820. The third-order valence-corrected chi connectivity index (χ3v) is 4.17. The molecule has 1 heterocycles. The van der Waals surface area contributed by atoms with Crippen LogP contribution in [-0.4, -0.2) is 41.9 Å². The highest BCUT2D eigenvalue weighted by atomic mass is 16.5. The summed E-state index contributed by atoms with van der Waals surface area (Å²) in [6.07, 6.45) is 0.292. The smallest absolute Gasteiger partial charge is 0.204 e. The van der Waals surface area contributed by atoms with Crippen molar-refractivity contribution in [3.05, 3.63) is 35.4 Å². The molecule has 2 aromatic carbocycles. The van der Waals surface area contributed by atoms with Crippen LogP contribution in [0.25, 0.3) is 0 Å². The van der Waals surface area contributed by atoms with Crippen LogP contribution in [0.5, 0.6) is 34.5 Å². The molecule has 1 aliphatic rings. The Bertz CT molecular complexity index is 829. The van der Waals surface area contributed by atoms with Crippen molar-refractivity contribution in [1.29, 1.82) is 0 Å². The van der Waals surface area contributed by atoms with Gasteiger partial charge in [-0.1, -0.05) is 6.07 Å². The number of aromatic hydroxyl groups is 3. The Morgan fingerprint density at radius 2 is 1.84 bits per heavy atom. The normalized spacial score (nSPS) is 16.1. The van der Waals surface area contributed by atoms with Crippen molar-refractivity contribution in [3.63, 3.8) is 0 Å². The van der Waals surface area contributed by atoms with Crippen molar-refractivity contribution >= 4 is 5.78 Å². The lowest BCUT2D eigenvalue weighted by Gasteiger charge is -2.27. The van der Waals surface area contributed by atoms with Gasteiger partial charge in [0.2, 0.25) is 5.75 Å². The van der Waals surface area contributed by atoms with Crippen LogP contribution in [0.15, 0.2) is 24.3 Å². The minimum absolute atomic E-state index is 0.0527. The predicted octanol–water partition coefficient (Wildman–Crippen LogP) is 2.25. The maximum Gasteiger partial charge on any atom is 0.204 e. The van der Waals surface area contributed by atoms with Crippen molar-refractivity contribution in [2.75, 3.05) is 20.8 Å². The number of ether oxygens (including phenoxy) is 3. The van der Waals surface area contributed by atoms with Gasteiger partial charge in [0, 0.05) is 6.07 Å². The van der Waals surface area contributed by atoms with Gasteiger partial charge in [0.15, 0.2) is 28.8 Å². The lowest BCUT2D eigenvalue weighted by atomic mass is 9.88. The zero-order chi connectivity index (χ0) is 18.1. The first kappa shape index (κ1) is 16.8. The fraction of sp³-hybridized carbons (Fsp3) is 0.278. The molecule has 7 nitrogen and oxygen atoms in total. The van der Waals surface area contributed by atoms with Crippen molar-refractivity contribution < 1.29 is 34.3 Å². The summed E-state index contributed by atoms with van der Waals surface area (Å²) in [5.41, 5.74) is 0.720. The van der Waals surface area contributed by atoms with Gasteiger partial charge in [-0.05, 0) is 24.1 Å². The fourth-order valence-corrected chi connectivity index (χ4v) is 2.92. The second-order valence-corrected chi connectivity index (χ2v) is 5.73. The highest BCUT2D eigenvalue weighted by Crippen LogP contribution is 2.47. The van der Waals surface area contributed by atoms with E-state index in [1.807, 2.05) is 0 Å². The molecule has 0 fully saturated rings. The molecular formula is C18H18O7. The Morgan fingerprint density at radius 3 is 2.48 bits per heavy atom. The number of methoxy groups -OCH3 is 2. The molecule has 25 heavy (non-hydrogen) atoms. The Kier molecular flexibility index (Phi) is 4.31. The van der Waals surface area contributed by atoms with Gasteiger partial charge >= 0.3 is 0 Å². The van der Waals surface area contributed by atoms with E-state index in [0.717, 1.165) is 0 Å². The van der Waals surface area contributed by atoms with E-state index in [0.29, 0.717) is 12.0 Å². The number of Topliss-reactive ketones (excluding diaryl/α,β-unsaturated/α-hetero) is 1. The molecule has 1 aliphatic heterocycles. The topological polar surface area (TPSA) is 105 Å². The van der Waals surface area contributed by atoms with Crippen LogP contribution < -0.4 is 14.2 Å². The summed E-state index contributed by atoms with van der Waals surface area (Å²) < 4.78 is 16.1. The van der Waals surface area contributed by atoms with Crippen molar-refractivity contribution in [2.45, 2.75) is 6.42 Å². The number of carbonyl (C=O) groups excluding carboxylic acids is 1. The lowest BCUT2D eigenvalue weighted by Crippen LogP contribution is -2.30. The standard InChI is InChI=1S/C18H18O7/c1-23-14-7-13(21)15-16(22)10(8-25-18(15)17(14)24-2)5-9-3-4-11(19)12(20)6-9/h3-4,6-7,10,19-21H,5,8H2,1-2H3/t10-/m1/s1. The molecule has 132 valence electrons. The molecule has 0 saturated heterocycles. The molecule has 0 unspecified atom stereocenters. The van der Waals surface area contributed by atoms with E-state index in [1.54, 1.807) is 6.07 Å². The summed E-state index contributed by atoms with van der Waals surface area (Å²) in [7, 11) is 2.85. The molecule has 1 atom stereocenters. The molecule has 0 amide bonds. The molecule has 7 heteroatoms. The maximum atomic E-state index is 12.8. The number of carbonyl (C=O) groups is 1. The van der Waals surface area contributed by atoms with Gasteiger partial charge in [-0.15, -0.1) is 0 Å². The number of benzene rings is 2. The Hall–Kier alpha value is -3.09. The zero-order valence-corrected chi connectivity index (χ0v) is 13.8. The quantitative estimate of drug-likeness (QED) is 0.729. The molecule has 0 spiro atoms. The van der Waals surface area contributed by atoms with Gasteiger partial charge in [-0.2, -0.15) is 0 Å². The minimum Gasteiger partial charge on any atom is -0.507 e. The van der Waals surface area contributed by atoms with E-state index in [2.05, 4.69) is 0 Å². The minimum atomic E-state index is -0.541. The second kappa shape index (κ2) is 6.43. The summed E-state index contributed by atoms with van der Waals surface area (Å²) in [4.78, 5) is 12.8. The number of ketones is 1. The number of rotatable bonds is 4. The number of phenolic OH excluding ortho intramolecular Hbond substituents is 3. The zero-order valence-electron chi connectivity index (χ0n) is 13.8. The maximum absolute atomic E-state index is 12.8. The van der Waals surface area contributed by atoms with Crippen LogP contribution in [0.1, 0.15) is 15.9 Å². The molecular weight excluding hydrogens is 328 g/mol. The predicted molar refractivity (Wildman–Crippen MR) is 88.0 cm³/mol. The van der Waals surface area contributed by atoms with Crippen molar-refractivity contribution in [1.82, 2.24) is 0 Å². The first-order valence-electron chi connectivity index (χ1n) is 7.62. The second-order valence-electron chi connectivity index (χ2n) is 5.73. The van der Waals surface area contributed by atoms with Crippen LogP contribution in [0, 0.1) is 5.92 Å². The average molecular weight is 346 g/mol. The van der Waals surface area contributed by atoms with E-state index < -0.39 is 5.92 Å². The summed E-state index contributed by atoms with van der Waals surface area (Å²) >= 11 is 0. The van der Waals surface area contributed by atoms with E-state index in [9.17, 15) is 20.1 Å². The summed E-state index contributed by atoms with van der Waals surface area (Å²) in [5, 5.41) is 29.2. The molecule has 0 radical (unpaired) electrons. The van der Waals surface area contributed by atoms with E-state index in [4.69, 9.17) is 14.2 Å². The Balaban J connectivity index is 1.94. The van der Waals surface area contributed by atoms with E-state index >= 15 is 0 Å². The highest BCUT2D eigenvalue weighted by Gasteiger charge is 2.35. The first-order chi connectivity index (χ1) is 12.0. The summed E-state index contributed by atoms with van der Waals surface area (Å²) in [6.45, 7) is 0.0937. The fourth-order valence-electron chi connectivity index (χ4n) is 2.92. The SMILES string of the molecule is COc1cc(O)c2c(c1OC)OC[C@@H](Cc1ccc(O)c(O)c1)C2=O. The van der Waals surface area contributed by atoms with Crippen LogP contribution in [-0.2, 0) is 6.42 Å². The molecule has 0 aliphatic carbocycles. The van der Waals surface area contributed by atoms with Gasteiger partial charge in [0.05, 0.1) is 26.7 Å². The number of hydrogen-bond donors (Lipinski definition) is 3. The third kappa shape index (κ3) is 2.88. The molecule has 2 aromatic rings. The molecule has 3 N–H and O–H groups in total. The van der Waals surface area contributed by atoms with Crippen LogP contribution in [0.4, 0.5) is 0 Å². The summed E-state index contributed by atoms with van der Waals surface area (Å²) in [5.74, 6) is -0.860. The van der Waals surface area contributed by atoms with Crippen LogP contribution in [0.2, 0.25) is 0 Å². The van der Waals surface area contributed by atoms with Gasteiger partial charge in [-0.25, -0.2) is 0 Å². The third-order valence-electron chi connectivity index (χ3n) is 4.17. The highest BCUT2D eigenvalue weighted by molar-refractivity contribution is 6.05. The average Bonchev–Trinajstić information content (AvgIpc) is 2.60. The van der Waals surface area contributed by atoms with E-state index in [-0.39, 0.29) is 52.5 Å². The number of hydrogen-bond acceptors (Lipinski definition) is 7. The molecule has 0 aromatic heterocycles. The van der Waals surface area contributed by atoms with Crippen LogP contribution in [0.3, 0.4) is 0 Å². The van der Waals surface area contributed by atoms with Crippen LogP contribution >= 0.6 is 0 Å². The molecule has 0 bridgehead atoms. The van der Waals surface area contributed by atoms with Gasteiger partial charge in [0.25, 0.3) is 0 Å². The van der Waals surface area contributed by atoms with Gasteiger partial charge in [0.1, 0.15) is 11.3 Å². The Morgan fingerprint density at radius 1 is 1.08 bits per heavy atom. The van der Waals surface area contributed by atoms with Gasteiger partial charge < -0.3 is 29.5 Å². The molecule has 0 saturated carbocycles. The van der Waals surface area contributed by atoms with E-state index in [1.165, 1.54) is 32.4 Å². The number of fused-ring (bicyclic) bond motifs is 1. The molecule has 3 rings (SSSR count). The monoisotopic (exact) mass is 346 g/mol. The first-order valence-corrected chi connectivity index (χ1v) is 7.62. The Labute approximate surface area is 144 Å². The van der Waals surface area contributed by atoms with Crippen molar-refractivity contribution in [2.24, 2.45) is 5.92 Å². The summed E-state index contributed by atoms with van der Waals surface area (Å²) in [6, 6.07) is 5.69. The van der Waals surface area contributed by atoms with Gasteiger partial charge in [-0.3, -0.25) is 4.79 Å². The largest absolute Gasteiger partial charge is 0.507 e. The number of phenols is 3. The van der Waals surface area contributed by atoms with Crippen molar-refractivity contribution in [3.8, 4) is 34.5 Å².